The van der Waals surface area contributed by atoms with E-state index in [1.54, 1.807) is 12.3 Å². The highest BCUT2D eigenvalue weighted by Gasteiger charge is 2.11. The summed E-state index contributed by atoms with van der Waals surface area (Å²) in [6.45, 7) is 1.64. The SMILES string of the molecule is O[C@H](CNCCC1=CCCCC1)COc1ccc(-c2occ3cc(F)ccc23)cc1. The van der Waals surface area contributed by atoms with Crippen LogP contribution in [0.25, 0.3) is 22.1 Å². The van der Waals surface area contributed by atoms with Crippen LogP contribution in [-0.4, -0.2) is 30.9 Å². The molecule has 0 spiro atoms. The van der Waals surface area contributed by atoms with Crippen molar-refractivity contribution in [1.29, 1.82) is 0 Å². The standard InChI is InChI=1S/C25H28FNO3/c26-21-8-11-24-20(14-21)16-30-25(24)19-6-9-23(10-7-19)29-17-22(28)15-27-13-12-18-4-2-1-3-5-18/h4,6-11,14,16,22,27-28H,1-3,5,12-13,15,17H2/t22-/m1/s1. The third-order valence-corrected chi connectivity index (χ3v) is 5.51. The summed E-state index contributed by atoms with van der Waals surface area (Å²) in [6.07, 6.45) is 9.46. The van der Waals surface area contributed by atoms with Gasteiger partial charge in [0, 0.05) is 22.9 Å². The molecule has 1 atom stereocenters. The van der Waals surface area contributed by atoms with E-state index in [1.807, 2.05) is 24.3 Å². The van der Waals surface area contributed by atoms with Crippen molar-refractivity contribution >= 4 is 10.8 Å². The number of allylic oxidation sites excluding steroid dienone is 1. The number of fused-ring (bicyclic) bond motifs is 1. The van der Waals surface area contributed by atoms with Crippen LogP contribution >= 0.6 is 0 Å². The largest absolute Gasteiger partial charge is 0.491 e. The first-order valence-electron chi connectivity index (χ1n) is 10.7. The highest BCUT2D eigenvalue weighted by atomic mass is 19.1. The van der Waals surface area contributed by atoms with Gasteiger partial charge in [0.05, 0.1) is 6.26 Å². The molecule has 0 saturated heterocycles. The van der Waals surface area contributed by atoms with E-state index in [2.05, 4.69) is 11.4 Å². The smallest absolute Gasteiger partial charge is 0.141 e. The molecule has 3 aromatic rings. The van der Waals surface area contributed by atoms with Crippen LogP contribution in [0.2, 0.25) is 0 Å². The van der Waals surface area contributed by atoms with Gasteiger partial charge in [-0.15, -0.1) is 0 Å². The number of ether oxygens (including phenoxy) is 1. The van der Waals surface area contributed by atoms with E-state index < -0.39 is 6.10 Å². The van der Waals surface area contributed by atoms with E-state index in [1.165, 1.54) is 43.4 Å². The average molecular weight is 410 g/mol. The van der Waals surface area contributed by atoms with Crippen LogP contribution in [0.1, 0.15) is 32.1 Å². The molecule has 158 valence electrons. The molecular formula is C25H28FNO3. The summed E-state index contributed by atoms with van der Waals surface area (Å²) >= 11 is 0. The first kappa shape index (κ1) is 20.6. The maximum Gasteiger partial charge on any atom is 0.141 e. The topological polar surface area (TPSA) is 54.6 Å². The van der Waals surface area contributed by atoms with Crippen molar-refractivity contribution in [3.05, 3.63) is 66.2 Å². The maximum absolute atomic E-state index is 13.3. The Balaban J connectivity index is 1.24. The molecule has 0 aliphatic heterocycles. The number of hydrogen-bond acceptors (Lipinski definition) is 4. The van der Waals surface area contributed by atoms with Crippen LogP contribution in [-0.2, 0) is 0 Å². The Kier molecular flexibility index (Phi) is 6.82. The number of halogens is 1. The minimum atomic E-state index is -0.561. The monoisotopic (exact) mass is 409 g/mol. The molecule has 1 aliphatic rings. The summed E-state index contributed by atoms with van der Waals surface area (Å²) in [5, 5.41) is 15.1. The predicted molar refractivity (Wildman–Crippen MR) is 117 cm³/mol. The Bertz CT molecular complexity index is 993. The van der Waals surface area contributed by atoms with Crippen LogP contribution in [0.15, 0.2) is 64.8 Å². The fourth-order valence-corrected chi connectivity index (χ4v) is 3.85. The van der Waals surface area contributed by atoms with E-state index in [0.29, 0.717) is 18.1 Å². The lowest BCUT2D eigenvalue weighted by Gasteiger charge is -2.15. The van der Waals surface area contributed by atoms with Crippen molar-refractivity contribution in [2.45, 2.75) is 38.2 Å². The predicted octanol–water partition coefficient (Wildman–Crippen LogP) is 5.46. The molecule has 2 N–H and O–H groups in total. The summed E-state index contributed by atoms with van der Waals surface area (Å²) in [6, 6.07) is 12.1. The zero-order valence-corrected chi connectivity index (χ0v) is 17.1. The maximum atomic E-state index is 13.3. The molecular weight excluding hydrogens is 381 g/mol. The molecule has 30 heavy (non-hydrogen) atoms. The zero-order chi connectivity index (χ0) is 20.8. The first-order valence-corrected chi connectivity index (χ1v) is 10.7. The molecule has 0 fully saturated rings. The van der Waals surface area contributed by atoms with Gasteiger partial charge in [0.15, 0.2) is 0 Å². The van der Waals surface area contributed by atoms with E-state index in [0.717, 1.165) is 29.3 Å². The molecule has 0 unspecified atom stereocenters. The number of furan rings is 1. The number of hydrogen-bond donors (Lipinski definition) is 2. The van der Waals surface area contributed by atoms with Gasteiger partial charge in [-0.25, -0.2) is 4.39 Å². The molecule has 0 radical (unpaired) electrons. The molecule has 0 amide bonds. The van der Waals surface area contributed by atoms with Crippen molar-refractivity contribution in [3.63, 3.8) is 0 Å². The Hall–Kier alpha value is -2.63. The normalized spacial score (nSPS) is 15.2. The second kappa shape index (κ2) is 9.92. The summed E-state index contributed by atoms with van der Waals surface area (Å²) in [5.74, 6) is 1.11. The molecule has 1 aliphatic carbocycles. The second-order valence-corrected chi connectivity index (χ2v) is 7.85. The molecule has 1 aromatic heterocycles. The lowest BCUT2D eigenvalue weighted by atomic mass is 9.97. The van der Waals surface area contributed by atoms with Crippen LogP contribution in [0.4, 0.5) is 4.39 Å². The highest BCUT2D eigenvalue weighted by Crippen LogP contribution is 2.32. The molecule has 4 nitrogen and oxygen atoms in total. The zero-order valence-electron chi connectivity index (χ0n) is 17.1. The number of rotatable bonds is 9. The fourth-order valence-electron chi connectivity index (χ4n) is 3.85. The third-order valence-electron chi connectivity index (χ3n) is 5.51. The van der Waals surface area contributed by atoms with Crippen LogP contribution in [0, 0.1) is 5.82 Å². The van der Waals surface area contributed by atoms with Gasteiger partial charge in [0.25, 0.3) is 0 Å². The lowest BCUT2D eigenvalue weighted by Crippen LogP contribution is -2.32. The van der Waals surface area contributed by atoms with Crippen molar-refractivity contribution < 1.29 is 18.7 Å². The average Bonchev–Trinajstić information content (AvgIpc) is 3.19. The Morgan fingerprint density at radius 1 is 1.13 bits per heavy atom. The van der Waals surface area contributed by atoms with Gasteiger partial charge in [-0.1, -0.05) is 11.6 Å². The lowest BCUT2D eigenvalue weighted by molar-refractivity contribution is 0.106. The molecule has 2 aromatic carbocycles. The van der Waals surface area contributed by atoms with Crippen molar-refractivity contribution in [1.82, 2.24) is 5.32 Å². The van der Waals surface area contributed by atoms with E-state index in [9.17, 15) is 9.50 Å². The highest BCUT2D eigenvalue weighted by molar-refractivity contribution is 5.94. The minimum Gasteiger partial charge on any atom is -0.491 e. The molecule has 1 heterocycles. The Labute approximate surface area is 176 Å². The summed E-state index contributed by atoms with van der Waals surface area (Å²) in [5.41, 5.74) is 2.43. The summed E-state index contributed by atoms with van der Waals surface area (Å²) < 4.78 is 24.7. The fraction of sp³-hybridized carbons (Fsp3) is 0.360. The molecule has 5 heteroatoms. The van der Waals surface area contributed by atoms with Gasteiger partial charge >= 0.3 is 0 Å². The Morgan fingerprint density at radius 2 is 2.00 bits per heavy atom. The number of nitrogens with one attached hydrogen (secondary N) is 1. The van der Waals surface area contributed by atoms with Gasteiger partial charge in [-0.3, -0.25) is 0 Å². The number of aliphatic hydroxyl groups excluding tert-OH is 1. The third kappa shape index (κ3) is 5.29. The first-order chi connectivity index (χ1) is 14.7. The van der Waals surface area contributed by atoms with Gasteiger partial charge in [-0.05, 0) is 81.1 Å². The van der Waals surface area contributed by atoms with E-state index in [4.69, 9.17) is 9.15 Å². The van der Waals surface area contributed by atoms with Gasteiger partial charge < -0.3 is 19.6 Å². The van der Waals surface area contributed by atoms with Crippen LogP contribution < -0.4 is 10.1 Å². The van der Waals surface area contributed by atoms with Crippen molar-refractivity contribution in [2.24, 2.45) is 0 Å². The van der Waals surface area contributed by atoms with Gasteiger partial charge in [-0.2, -0.15) is 0 Å². The van der Waals surface area contributed by atoms with Crippen LogP contribution in [0.5, 0.6) is 5.75 Å². The summed E-state index contributed by atoms with van der Waals surface area (Å²) in [7, 11) is 0. The number of benzene rings is 2. The van der Waals surface area contributed by atoms with Crippen molar-refractivity contribution in [2.75, 3.05) is 19.7 Å². The quantitative estimate of drug-likeness (QED) is 0.364. The van der Waals surface area contributed by atoms with Gasteiger partial charge in [0.1, 0.15) is 30.0 Å². The molecule has 0 bridgehead atoms. The number of aliphatic hydroxyl groups is 1. The molecule has 0 saturated carbocycles. The molecule has 4 rings (SSSR count). The van der Waals surface area contributed by atoms with Crippen LogP contribution in [0.3, 0.4) is 0 Å². The van der Waals surface area contributed by atoms with E-state index >= 15 is 0 Å². The van der Waals surface area contributed by atoms with E-state index in [-0.39, 0.29) is 12.4 Å². The summed E-state index contributed by atoms with van der Waals surface area (Å²) in [4.78, 5) is 0. The Morgan fingerprint density at radius 3 is 2.80 bits per heavy atom. The van der Waals surface area contributed by atoms with Crippen molar-refractivity contribution in [3.8, 4) is 17.1 Å². The second-order valence-electron chi connectivity index (χ2n) is 7.85. The minimum absolute atomic E-state index is 0.234. The van der Waals surface area contributed by atoms with Gasteiger partial charge in [0.2, 0.25) is 0 Å².